The molecule has 0 aromatic carbocycles. The van der Waals surface area contributed by atoms with E-state index in [2.05, 4.69) is 69.2 Å². The maximum Gasteiger partial charge on any atom is 0.306 e. The highest BCUT2D eigenvalue weighted by Gasteiger charge is 2.48. The lowest BCUT2D eigenvalue weighted by Gasteiger charge is -2.35. The minimum Gasteiger partial charge on any atom is -0.459 e. The van der Waals surface area contributed by atoms with Crippen molar-refractivity contribution in [3.05, 3.63) is 0 Å². The summed E-state index contributed by atoms with van der Waals surface area (Å²) >= 11 is 0. The van der Waals surface area contributed by atoms with E-state index in [1.165, 1.54) is 0 Å². The molecule has 0 radical (unpaired) electrons. The van der Waals surface area contributed by atoms with Crippen LogP contribution in [0.3, 0.4) is 0 Å². The Morgan fingerprint density at radius 1 is 0.821 bits per heavy atom. The molecule has 0 unspecified atom stereocenters. The quantitative estimate of drug-likeness (QED) is 0.475. The molecule has 0 spiro atoms. The second-order valence-electron chi connectivity index (χ2n) is 9.30. The molecule has 0 amide bonds. The number of ether oxygens (including phenoxy) is 3. The zero-order valence-corrected chi connectivity index (χ0v) is 18.0. The van der Waals surface area contributed by atoms with Crippen molar-refractivity contribution in [3.63, 3.8) is 0 Å². The van der Waals surface area contributed by atoms with Crippen molar-refractivity contribution in [1.29, 1.82) is 0 Å². The number of hydrogen-bond donors (Lipinski definition) is 0. The summed E-state index contributed by atoms with van der Waals surface area (Å²) in [6, 6.07) is 0. The van der Waals surface area contributed by atoms with Gasteiger partial charge >= 0.3 is 5.97 Å². The Morgan fingerprint density at radius 2 is 1.29 bits per heavy atom. The van der Waals surface area contributed by atoms with E-state index in [1.54, 1.807) is 0 Å². The van der Waals surface area contributed by atoms with Crippen LogP contribution in [0.25, 0.3) is 0 Å². The summed E-state index contributed by atoms with van der Waals surface area (Å²) in [6.07, 6.45) is 0.837. The van der Waals surface area contributed by atoms with Crippen LogP contribution < -0.4 is 0 Å². The largest absolute Gasteiger partial charge is 0.459 e. The van der Waals surface area contributed by atoms with Crippen LogP contribution in [0.2, 0.25) is 0 Å². The highest BCUT2D eigenvalue weighted by molar-refractivity contribution is 5.73. The molecular formula is C24H52O4. The van der Waals surface area contributed by atoms with Crippen molar-refractivity contribution in [2.45, 2.75) is 115 Å². The Kier molecular flexibility index (Phi) is 13.9. The van der Waals surface area contributed by atoms with Gasteiger partial charge in [-0.15, -0.1) is 0 Å². The topological polar surface area (TPSA) is 44.8 Å². The zero-order valence-electron chi connectivity index (χ0n) is 18.0. The van der Waals surface area contributed by atoms with E-state index < -0.39 is 0 Å². The molecule has 172 valence electrons. The molecule has 0 aromatic rings. The van der Waals surface area contributed by atoms with Crippen LogP contribution in [0.5, 0.6) is 0 Å². The highest BCUT2D eigenvalue weighted by atomic mass is 16.7. The molecule has 2 aliphatic heterocycles. The van der Waals surface area contributed by atoms with E-state index in [0.29, 0.717) is 42.8 Å². The molecule has 4 atom stereocenters. The molecule has 2 saturated heterocycles. The third-order valence-electron chi connectivity index (χ3n) is 6.34. The molecular weight excluding hydrogens is 352 g/mol. The predicted molar refractivity (Wildman–Crippen MR) is 121 cm³/mol. The molecule has 0 N–H and O–H groups in total. The summed E-state index contributed by atoms with van der Waals surface area (Å²) in [5, 5.41) is 0. The molecule has 0 saturated carbocycles. The van der Waals surface area contributed by atoms with Crippen molar-refractivity contribution in [3.8, 4) is 0 Å². The second-order valence-corrected chi connectivity index (χ2v) is 9.30. The van der Waals surface area contributed by atoms with E-state index >= 15 is 0 Å². The second kappa shape index (κ2) is 12.2. The fourth-order valence-electron chi connectivity index (χ4n) is 4.02. The van der Waals surface area contributed by atoms with Gasteiger partial charge in [0.25, 0.3) is 0 Å². The van der Waals surface area contributed by atoms with E-state index in [9.17, 15) is 4.79 Å². The van der Waals surface area contributed by atoms with Crippen LogP contribution in [0.15, 0.2) is 0 Å². The van der Waals surface area contributed by atoms with Crippen LogP contribution in [0.4, 0.5) is 0 Å². The molecule has 0 aromatic heterocycles. The van der Waals surface area contributed by atoms with Crippen molar-refractivity contribution in [1.82, 2.24) is 0 Å². The van der Waals surface area contributed by atoms with Gasteiger partial charge in [0.05, 0.1) is 18.1 Å². The average molecular weight is 405 g/mol. The number of carbonyl (C=O) groups excluding carboxylic acids is 1. The van der Waals surface area contributed by atoms with E-state index in [4.69, 9.17) is 14.2 Å². The Bertz CT molecular complexity index is 444. The first-order chi connectivity index (χ1) is 11.4. The van der Waals surface area contributed by atoms with Gasteiger partial charge in [-0.05, 0) is 37.5 Å². The van der Waals surface area contributed by atoms with Crippen LogP contribution in [0.1, 0.15) is 97.9 Å². The number of rotatable bonds is 4. The van der Waals surface area contributed by atoms with E-state index in [-0.39, 0.29) is 45.6 Å². The van der Waals surface area contributed by atoms with Gasteiger partial charge in [-0.2, -0.15) is 0 Å². The molecule has 0 bridgehead atoms. The van der Waals surface area contributed by atoms with Gasteiger partial charge < -0.3 is 14.2 Å². The van der Waals surface area contributed by atoms with Gasteiger partial charge in [-0.1, -0.05) is 77.7 Å². The lowest BCUT2D eigenvalue weighted by Crippen LogP contribution is -2.44. The Morgan fingerprint density at radius 3 is 1.57 bits per heavy atom. The number of cyclic esters (lactones) is 1. The average Bonchev–Trinajstić information content (AvgIpc) is 3.01. The maximum atomic E-state index is 11.3. The molecule has 2 fully saturated rings. The van der Waals surface area contributed by atoms with Gasteiger partial charge in [0.2, 0.25) is 0 Å². The molecule has 4 nitrogen and oxygen atoms in total. The number of hydrogen-bond acceptors (Lipinski definition) is 4. The molecule has 2 heterocycles. The highest BCUT2D eigenvalue weighted by Crippen LogP contribution is 2.42. The van der Waals surface area contributed by atoms with Gasteiger partial charge in [-0.25, -0.2) is 0 Å². The van der Waals surface area contributed by atoms with Crippen LogP contribution in [0, 0.1) is 29.6 Å². The summed E-state index contributed by atoms with van der Waals surface area (Å²) in [5.41, 5.74) is -0.334. The standard InChI is InChI=1S/C11H20O2.C10H20O2.3CH4/c1-7(2)9-6-10(12)13-11(9,5)8(3)4;1-7(2)9-10(5,8(3)4)12-6-11-9;;;/h7-9H,6H2,1-5H3;7-9H,6H2,1-5H3;3*1H4/t9-,11-;9-,10-;;;/m11.../s1. The van der Waals surface area contributed by atoms with Crippen LogP contribution in [-0.4, -0.2) is 30.1 Å². The lowest BCUT2D eigenvalue weighted by molar-refractivity contribution is -0.152. The number of carbonyl (C=O) groups is 1. The smallest absolute Gasteiger partial charge is 0.306 e. The van der Waals surface area contributed by atoms with Crippen LogP contribution >= 0.6 is 0 Å². The SMILES string of the molecule is C.C.C.CC(C)[C@H]1CC(=O)O[C@]1(C)C(C)C.CC(C)[C@H]1OCO[C@]1(C)C(C)C. The van der Waals surface area contributed by atoms with Crippen molar-refractivity contribution >= 4 is 5.97 Å². The van der Waals surface area contributed by atoms with Crippen molar-refractivity contribution in [2.24, 2.45) is 29.6 Å². The van der Waals surface area contributed by atoms with Gasteiger partial charge in [0.1, 0.15) is 12.4 Å². The van der Waals surface area contributed by atoms with E-state index in [1.807, 2.05) is 0 Å². The minimum atomic E-state index is -0.245. The Hall–Kier alpha value is -0.610. The molecule has 0 aliphatic carbocycles. The summed E-state index contributed by atoms with van der Waals surface area (Å²) in [4.78, 5) is 11.3. The van der Waals surface area contributed by atoms with E-state index in [0.717, 1.165) is 0 Å². The Labute approximate surface area is 177 Å². The summed E-state index contributed by atoms with van der Waals surface area (Å²) < 4.78 is 16.7. The fraction of sp³-hybridized carbons (Fsp3) is 0.958. The summed E-state index contributed by atoms with van der Waals surface area (Å²) in [6.45, 7) is 22.0. The summed E-state index contributed by atoms with van der Waals surface area (Å²) in [5.74, 6) is 2.28. The molecule has 4 heteroatoms. The molecule has 2 rings (SSSR count). The monoisotopic (exact) mass is 404 g/mol. The van der Waals surface area contributed by atoms with Crippen molar-refractivity contribution < 1.29 is 19.0 Å². The molecule has 28 heavy (non-hydrogen) atoms. The first-order valence-corrected chi connectivity index (χ1v) is 9.83. The molecule has 2 aliphatic rings. The normalized spacial score (nSPS) is 31.7. The van der Waals surface area contributed by atoms with Gasteiger partial charge in [0, 0.05) is 5.92 Å². The van der Waals surface area contributed by atoms with Gasteiger partial charge in [0.15, 0.2) is 0 Å². The third kappa shape index (κ3) is 6.73. The minimum absolute atomic E-state index is 0. The maximum absolute atomic E-state index is 11.3. The first kappa shape index (κ1) is 32.1. The first-order valence-electron chi connectivity index (χ1n) is 9.83. The lowest BCUT2D eigenvalue weighted by atomic mass is 9.74. The van der Waals surface area contributed by atoms with Crippen molar-refractivity contribution in [2.75, 3.05) is 6.79 Å². The number of esters is 1. The third-order valence-corrected chi connectivity index (χ3v) is 6.34. The summed E-state index contributed by atoms with van der Waals surface area (Å²) in [7, 11) is 0. The van der Waals surface area contributed by atoms with Gasteiger partial charge in [-0.3, -0.25) is 4.79 Å². The fourth-order valence-corrected chi connectivity index (χ4v) is 4.02. The zero-order chi connectivity index (χ0) is 19.6. The predicted octanol–water partition coefficient (Wildman–Crippen LogP) is 6.96. The van der Waals surface area contributed by atoms with Crippen LogP contribution in [-0.2, 0) is 19.0 Å². The Balaban J connectivity index is -0.000000404.